The van der Waals surface area contributed by atoms with Gasteiger partial charge in [-0.1, -0.05) is 42.1 Å². The lowest BCUT2D eigenvalue weighted by atomic mass is 9.90. The van der Waals surface area contributed by atoms with Crippen LogP contribution in [-0.2, 0) is 9.53 Å². The number of fused-ring (bicyclic) bond motifs is 2. The lowest BCUT2D eigenvalue weighted by molar-refractivity contribution is -0.139. The molecule has 2 aliphatic rings. The van der Waals surface area contributed by atoms with Crippen molar-refractivity contribution in [3.05, 3.63) is 64.8 Å². The average Bonchev–Trinajstić information content (AvgIpc) is 3.16. The maximum atomic E-state index is 12.9. The van der Waals surface area contributed by atoms with E-state index in [1.54, 1.807) is 11.8 Å². The molecule has 2 aromatic rings. The molecule has 0 bridgehead atoms. The second-order valence-electron chi connectivity index (χ2n) is 6.46. The van der Waals surface area contributed by atoms with E-state index in [1.165, 1.54) is 0 Å². The van der Waals surface area contributed by atoms with Crippen molar-refractivity contribution in [2.24, 2.45) is 4.99 Å². The molecular formula is C22H22N2O3S. The number of rotatable bonds is 5. The first-order chi connectivity index (χ1) is 13.7. The Morgan fingerprint density at radius 1 is 1.14 bits per heavy atom. The Balaban J connectivity index is 1.93. The Morgan fingerprint density at radius 2 is 1.93 bits per heavy atom. The lowest BCUT2D eigenvalue weighted by Crippen LogP contribution is -2.34. The second kappa shape index (κ2) is 7.72. The van der Waals surface area contributed by atoms with Crippen LogP contribution in [-0.4, -0.2) is 29.3 Å². The van der Waals surface area contributed by atoms with E-state index in [0.29, 0.717) is 24.5 Å². The fourth-order valence-electron chi connectivity index (χ4n) is 3.69. The number of esters is 1. The standard InChI is InChI=1S/C22H22N2O3S/c1-4-26-18-11-10-17(15-8-6-7-9-16(15)18)20-19(21(25)27-5-2)14(3)23-22-24(20)12-13-28-22/h6-13,20H,4-5H2,1-3H3/t20-/m0/s1. The highest BCUT2D eigenvalue weighted by Crippen LogP contribution is 2.44. The van der Waals surface area contributed by atoms with Gasteiger partial charge in [0.2, 0.25) is 0 Å². The number of carbonyl (C=O) groups excluding carboxylic acids is 1. The third kappa shape index (κ3) is 3.07. The minimum Gasteiger partial charge on any atom is -0.493 e. The maximum absolute atomic E-state index is 12.9. The Hall–Kier alpha value is -2.73. The van der Waals surface area contributed by atoms with Gasteiger partial charge in [-0.15, -0.1) is 0 Å². The number of allylic oxidation sites excluding steroid dienone is 1. The van der Waals surface area contributed by atoms with Crippen LogP contribution in [0.15, 0.2) is 64.3 Å². The number of amidine groups is 1. The smallest absolute Gasteiger partial charge is 0.338 e. The van der Waals surface area contributed by atoms with E-state index >= 15 is 0 Å². The average molecular weight is 394 g/mol. The van der Waals surface area contributed by atoms with Crippen molar-refractivity contribution in [1.82, 2.24) is 4.90 Å². The predicted octanol–water partition coefficient (Wildman–Crippen LogP) is 5.01. The Morgan fingerprint density at radius 3 is 2.68 bits per heavy atom. The van der Waals surface area contributed by atoms with Crippen molar-refractivity contribution in [2.45, 2.75) is 26.8 Å². The quantitative estimate of drug-likeness (QED) is 0.668. The molecule has 0 amide bonds. The highest BCUT2D eigenvalue weighted by molar-refractivity contribution is 8.16. The topological polar surface area (TPSA) is 51.1 Å². The maximum Gasteiger partial charge on any atom is 0.338 e. The van der Waals surface area contributed by atoms with Gasteiger partial charge in [0.05, 0.1) is 30.5 Å². The van der Waals surface area contributed by atoms with Gasteiger partial charge in [-0.25, -0.2) is 9.79 Å². The number of aliphatic imine (C=N–C) groups is 1. The summed E-state index contributed by atoms with van der Waals surface area (Å²) < 4.78 is 11.2. The van der Waals surface area contributed by atoms with Gasteiger partial charge in [0.25, 0.3) is 0 Å². The van der Waals surface area contributed by atoms with Crippen molar-refractivity contribution in [1.29, 1.82) is 0 Å². The molecule has 2 heterocycles. The van der Waals surface area contributed by atoms with E-state index in [2.05, 4.69) is 17.1 Å². The third-order valence-electron chi connectivity index (χ3n) is 4.83. The largest absolute Gasteiger partial charge is 0.493 e. The van der Waals surface area contributed by atoms with Gasteiger partial charge in [-0.3, -0.25) is 0 Å². The molecule has 0 saturated heterocycles. The van der Waals surface area contributed by atoms with E-state index in [0.717, 1.165) is 27.3 Å². The van der Waals surface area contributed by atoms with Gasteiger partial charge in [-0.05, 0) is 43.2 Å². The van der Waals surface area contributed by atoms with Crippen molar-refractivity contribution in [3.63, 3.8) is 0 Å². The Kier molecular flexibility index (Phi) is 5.13. The van der Waals surface area contributed by atoms with Crippen LogP contribution in [0.3, 0.4) is 0 Å². The van der Waals surface area contributed by atoms with Crippen LogP contribution in [0.5, 0.6) is 5.75 Å². The molecule has 6 heteroatoms. The molecule has 0 spiro atoms. The molecule has 0 saturated carbocycles. The molecule has 0 N–H and O–H groups in total. The molecule has 1 atom stereocenters. The monoisotopic (exact) mass is 394 g/mol. The third-order valence-corrected chi connectivity index (χ3v) is 5.60. The summed E-state index contributed by atoms with van der Waals surface area (Å²) in [4.78, 5) is 19.5. The number of ether oxygens (including phenoxy) is 2. The molecule has 0 radical (unpaired) electrons. The summed E-state index contributed by atoms with van der Waals surface area (Å²) >= 11 is 1.56. The second-order valence-corrected chi connectivity index (χ2v) is 7.33. The highest BCUT2D eigenvalue weighted by atomic mass is 32.2. The van der Waals surface area contributed by atoms with Gasteiger partial charge in [0, 0.05) is 11.6 Å². The van der Waals surface area contributed by atoms with E-state index < -0.39 is 0 Å². The summed E-state index contributed by atoms with van der Waals surface area (Å²) in [7, 11) is 0. The van der Waals surface area contributed by atoms with Crippen molar-refractivity contribution < 1.29 is 14.3 Å². The molecule has 0 aromatic heterocycles. The summed E-state index contributed by atoms with van der Waals surface area (Å²) in [6.07, 6.45) is 1.98. The Bertz CT molecular complexity index is 1030. The van der Waals surface area contributed by atoms with E-state index in [4.69, 9.17) is 9.47 Å². The first-order valence-corrected chi connectivity index (χ1v) is 10.3. The Labute approximate surface area is 168 Å². The first kappa shape index (κ1) is 18.6. The van der Waals surface area contributed by atoms with Crippen LogP contribution in [0.1, 0.15) is 32.4 Å². The van der Waals surface area contributed by atoms with Crippen molar-refractivity contribution >= 4 is 33.7 Å². The first-order valence-electron chi connectivity index (χ1n) is 9.38. The number of nitrogens with zero attached hydrogens (tertiary/aromatic N) is 2. The summed E-state index contributed by atoms with van der Waals surface area (Å²) in [5.41, 5.74) is 2.30. The zero-order valence-electron chi connectivity index (χ0n) is 16.1. The minimum absolute atomic E-state index is 0.293. The molecular weight excluding hydrogens is 372 g/mol. The summed E-state index contributed by atoms with van der Waals surface area (Å²) in [6.45, 7) is 6.59. The lowest BCUT2D eigenvalue weighted by Gasteiger charge is -2.34. The van der Waals surface area contributed by atoms with Gasteiger partial charge in [0.15, 0.2) is 5.17 Å². The van der Waals surface area contributed by atoms with Gasteiger partial charge in [-0.2, -0.15) is 0 Å². The molecule has 144 valence electrons. The van der Waals surface area contributed by atoms with Crippen LogP contribution >= 0.6 is 11.8 Å². The van der Waals surface area contributed by atoms with Gasteiger partial charge >= 0.3 is 5.97 Å². The zero-order chi connectivity index (χ0) is 19.7. The number of hydrogen-bond acceptors (Lipinski definition) is 6. The highest BCUT2D eigenvalue weighted by Gasteiger charge is 2.38. The molecule has 4 rings (SSSR count). The molecule has 0 aliphatic carbocycles. The number of hydrogen-bond donors (Lipinski definition) is 0. The fraction of sp³-hybridized carbons (Fsp3) is 0.273. The molecule has 0 fully saturated rings. The van der Waals surface area contributed by atoms with Crippen LogP contribution in [0.2, 0.25) is 0 Å². The molecule has 2 aliphatic heterocycles. The van der Waals surface area contributed by atoms with E-state index in [9.17, 15) is 4.79 Å². The van der Waals surface area contributed by atoms with Gasteiger partial charge < -0.3 is 14.4 Å². The van der Waals surface area contributed by atoms with E-state index in [-0.39, 0.29) is 12.0 Å². The van der Waals surface area contributed by atoms with Crippen molar-refractivity contribution in [2.75, 3.05) is 13.2 Å². The molecule has 2 aromatic carbocycles. The number of carbonyl (C=O) groups is 1. The van der Waals surface area contributed by atoms with Gasteiger partial charge in [0.1, 0.15) is 5.75 Å². The summed E-state index contributed by atoms with van der Waals surface area (Å²) in [5, 5.41) is 4.94. The van der Waals surface area contributed by atoms with Crippen LogP contribution in [0.25, 0.3) is 10.8 Å². The molecule has 0 unspecified atom stereocenters. The zero-order valence-corrected chi connectivity index (χ0v) is 17.0. The number of benzene rings is 2. The van der Waals surface area contributed by atoms with Crippen molar-refractivity contribution in [3.8, 4) is 5.75 Å². The van der Waals surface area contributed by atoms with E-state index in [1.807, 2.05) is 61.5 Å². The SMILES string of the molecule is CCOC(=O)C1=C(C)N=C2SC=CN2[C@H]1c1ccc(OCC)c2ccccc12. The normalized spacial score (nSPS) is 18.3. The fourth-order valence-corrected chi connectivity index (χ4v) is 4.48. The number of thioether (sulfide) groups is 1. The minimum atomic E-state index is -0.323. The summed E-state index contributed by atoms with van der Waals surface area (Å²) in [6, 6.07) is 11.9. The van der Waals surface area contributed by atoms with Crippen LogP contribution in [0.4, 0.5) is 0 Å². The van der Waals surface area contributed by atoms with Crippen LogP contribution < -0.4 is 4.74 Å². The van der Waals surface area contributed by atoms with Crippen LogP contribution in [0, 0.1) is 0 Å². The summed E-state index contributed by atoms with van der Waals surface area (Å²) in [5.74, 6) is 0.521. The predicted molar refractivity (Wildman–Crippen MR) is 113 cm³/mol. The molecule has 28 heavy (non-hydrogen) atoms. The molecule has 5 nitrogen and oxygen atoms in total.